The Hall–Kier alpha value is -1.40. The average molecular weight is 312 g/mol. The molecule has 0 aliphatic heterocycles. The molecule has 0 saturated heterocycles. The van der Waals surface area contributed by atoms with E-state index in [1.807, 2.05) is 31.2 Å². The van der Waals surface area contributed by atoms with Crippen LogP contribution in [0.5, 0.6) is 0 Å². The first kappa shape index (κ1) is 17.7. The second-order valence-electron chi connectivity index (χ2n) is 5.36. The topological polar surface area (TPSA) is 75.3 Å². The highest BCUT2D eigenvalue weighted by Gasteiger charge is 2.14. The van der Waals surface area contributed by atoms with Gasteiger partial charge in [-0.3, -0.25) is 4.79 Å². The fourth-order valence-electron chi connectivity index (χ4n) is 1.65. The van der Waals surface area contributed by atoms with Crippen LogP contribution in [0.3, 0.4) is 0 Å². The number of anilines is 1. The quantitative estimate of drug-likeness (QED) is 0.724. The molecule has 0 fully saturated rings. The van der Waals surface area contributed by atoms with Gasteiger partial charge >= 0.3 is 0 Å². The van der Waals surface area contributed by atoms with Crippen molar-refractivity contribution in [3.05, 3.63) is 29.8 Å². The van der Waals surface area contributed by atoms with E-state index in [-0.39, 0.29) is 5.91 Å². The molecule has 0 radical (unpaired) electrons. The van der Waals surface area contributed by atoms with Crippen LogP contribution in [0.4, 0.5) is 5.69 Å². The van der Waals surface area contributed by atoms with E-state index in [0.29, 0.717) is 25.8 Å². The van der Waals surface area contributed by atoms with Crippen LogP contribution in [0.1, 0.15) is 38.7 Å². The van der Waals surface area contributed by atoms with E-state index in [9.17, 15) is 13.2 Å². The lowest BCUT2D eigenvalue weighted by molar-refractivity contribution is -0.116. The zero-order valence-corrected chi connectivity index (χ0v) is 13.7. The van der Waals surface area contributed by atoms with Crippen molar-refractivity contribution >= 4 is 21.6 Å². The molecule has 0 atom stereocenters. The van der Waals surface area contributed by atoms with E-state index in [0.717, 1.165) is 11.3 Å². The number of hydrogen-bond acceptors (Lipinski definition) is 3. The lowest BCUT2D eigenvalue weighted by Gasteiger charge is -2.09. The first-order chi connectivity index (χ1) is 9.81. The molecule has 1 amide bonds. The van der Waals surface area contributed by atoms with Crippen LogP contribution >= 0.6 is 0 Å². The second kappa shape index (κ2) is 8.14. The van der Waals surface area contributed by atoms with Gasteiger partial charge in [0.05, 0.1) is 5.25 Å². The third-order valence-electron chi connectivity index (χ3n) is 3.09. The predicted molar refractivity (Wildman–Crippen MR) is 85.7 cm³/mol. The van der Waals surface area contributed by atoms with Crippen molar-refractivity contribution in [3.8, 4) is 0 Å². The smallest absolute Gasteiger partial charge is 0.224 e. The number of rotatable bonds is 8. The number of amides is 1. The van der Waals surface area contributed by atoms with Crippen LogP contribution in [0.25, 0.3) is 0 Å². The summed E-state index contributed by atoms with van der Waals surface area (Å²) >= 11 is 0. The van der Waals surface area contributed by atoms with Crippen molar-refractivity contribution < 1.29 is 13.2 Å². The summed E-state index contributed by atoms with van der Waals surface area (Å²) in [5.74, 6) is -0.0504. The van der Waals surface area contributed by atoms with Crippen LogP contribution in [0.2, 0.25) is 0 Å². The van der Waals surface area contributed by atoms with Crippen LogP contribution in [-0.2, 0) is 14.8 Å². The van der Waals surface area contributed by atoms with Crippen LogP contribution in [-0.4, -0.2) is 26.1 Å². The van der Waals surface area contributed by atoms with Gasteiger partial charge in [-0.15, -0.1) is 0 Å². The summed E-state index contributed by atoms with van der Waals surface area (Å²) in [6.07, 6.45) is 1.68. The Labute approximate surface area is 127 Å². The van der Waals surface area contributed by atoms with Crippen molar-refractivity contribution in [3.63, 3.8) is 0 Å². The maximum atomic E-state index is 11.7. The van der Waals surface area contributed by atoms with Gasteiger partial charge in [0.2, 0.25) is 15.9 Å². The summed E-state index contributed by atoms with van der Waals surface area (Å²) in [6, 6.07) is 7.61. The van der Waals surface area contributed by atoms with Gasteiger partial charge in [-0.2, -0.15) is 0 Å². The molecule has 1 aromatic rings. The SMILES string of the molecule is Cc1ccc(NC(=O)CCCCNS(=O)(=O)C(C)C)cc1. The van der Waals surface area contributed by atoms with Gasteiger partial charge in [0.1, 0.15) is 0 Å². The predicted octanol–water partition coefficient (Wildman–Crippen LogP) is 2.43. The Kier molecular flexibility index (Phi) is 6.84. The Morgan fingerprint density at radius 2 is 1.76 bits per heavy atom. The van der Waals surface area contributed by atoms with Crippen LogP contribution in [0.15, 0.2) is 24.3 Å². The van der Waals surface area contributed by atoms with E-state index in [1.165, 1.54) is 0 Å². The lowest BCUT2D eigenvalue weighted by Crippen LogP contribution is -2.31. The van der Waals surface area contributed by atoms with Crippen molar-refractivity contribution in [2.75, 3.05) is 11.9 Å². The summed E-state index contributed by atoms with van der Waals surface area (Å²) in [5.41, 5.74) is 1.93. The maximum absolute atomic E-state index is 11.7. The van der Waals surface area contributed by atoms with Gasteiger partial charge in [0, 0.05) is 18.7 Å². The highest BCUT2D eigenvalue weighted by molar-refractivity contribution is 7.90. The minimum absolute atomic E-state index is 0.0504. The normalized spacial score (nSPS) is 11.6. The molecule has 0 unspecified atom stereocenters. The van der Waals surface area contributed by atoms with Crippen molar-refractivity contribution in [2.45, 2.75) is 45.3 Å². The van der Waals surface area contributed by atoms with E-state index in [1.54, 1.807) is 13.8 Å². The number of unbranched alkanes of at least 4 members (excludes halogenated alkanes) is 1. The summed E-state index contributed by atoms with van der Waals surface area (Å²) in [4.78, 5) is 11.7. The molecular formula is C15H24N2O3S. The molecule has 0 aliphatic rings. The standard InChI is InChI=1S/C15H24N2O3S/c1-12(2)21(19,20)16-11-5-4-6-15(18)17-14-9-7-13(3)8-10-14/h7-10,12,16H,4-6,11H2,1-3H3,(H,17,18). The monoisotopic (exact) mass is 312 g/mol. The molecule has 0 spiro atoms. The number of carbonyl (C=O) groups excluding carboxylic acids is 1. The third kappa shape index (κ3) is 6.73. The second-order valence-corrected chi connectivity index (χ2v) is 7.68. The van der Waals surface area contributed by atoms with E-state index < -0.39 is 15.3 Å². The highest BCUT2D eigenvalue weighted by Crippen LogP contribution is 2.09. The Bertz CT molecular complexity index is 551. The maximum Gasteiger partial charge on any atom is 0.224 e. The van der Waals surface area contributed by atoms with Gasteiger partial charge in [-0.05, 0) is 45.7 Å². The zero-order valence-electron chi connectivity index (χ0n) is 12.8. The molecule has 118 valence electrons. The minimum Gasteiger partial charge on any atom is -0.326 e. The van der Waals surface area contributed by atoms with Crippen LogP contribution in [0, 0.1) is 6.92 Å². The Balaban J connectivity index is 2.21. The molecule has 5 nitrogen and oxygen atoms in total. The molecule has 1 rings (SSSR count). The largest absolute Gasteiger partial charge is 0.326 e. The average Bonchev–Trinajstić information content (AvgIpc) is 2.40. The summed E-state index contributed by atoms with van der Waals surface area (Å²) in [7, 11) is -3.20. The van der Waals surface area contributed by atoms with Gasteiger partial charge in [-0.25, -0.2) is 13.1 Å². The van der Waals surface area contributed by atoms with Gasteiger partial charge < -0.3 is 5.32 Å². The molecule has 0 aromatic heterocycles. The first-order valence-electron chi connectivity index (χ1n) is 7.16. The van der Waals surface area contributed by atoms with Gasteiger partial charge in [-0.1, -0.05) is 17.7 Å². The highest BCUT2D eigenvalue weighted by atomic mass is 32.2. The number of sulfonamides is 1. The number of carbonyl (C=O) groups is 1. The number of aryl methyl sites for hydroxylation is 1. The molecular weight excluding hydrogens is 288 g/mol. The molecule has 0 bridgehead atoms. The number of hydrogen-bond donors (Lipinski definition) is 2. The van der Waals surface area contributed by atoms with E-state index in [4.69, 9.17) is 0 Å². The summed E-state index contributed by atoms with van der Waals surface area (Å²) < 4.78 is 25.5. The zero-order chi connectivity index (χ0) is 15.9. The molecule has 1 aromatic carbocycles. The number of nitrogens with one attached hydrogen (secondary N) is 2. The first-order valence-corrected chi connectivity index (χ1v) is 8.71. The van der Waals surface area contributed by atoms with E-state index in [2.05, 4.69) is 10.0 Å². The molecule has 21 heavy (non-hydrogen) atoms. The van der Waals surface area contributed by atoms with Crippen molar-refractivity contribution in [2.24, 2.45) is 0 Å². The fourth-order valence-corrected chi connectivity index (χ4v) is 2.41. The molecule has 0 aliphatic carbocycles. The minimum atomic E-state index is -3.20. The summed E-state index contributed by atoms with van der Waals surface area (Å²) in [6.45, 7) is 5.64. The number of benzene rings is 1. The fraction of sp³-hybridized carbons (Fsp3) is 0.533. The van der Waals surface area contributed by atoms with Gasteiger partial charge in [0.15, 0.2) is 0 Å². The molecule has 0 heterocycles. The van der Waals surface area contributed by atoms with Crippen LogP contribution < -0.4 is 10.0 Å². The van der Waals surface area contributed by atoms with Crippen molar-refractivity contribution in [1.29, 1.82) is 0 Å². The summed E-state index contributed by atoms with van der Waals surface area (Å²) in [5, 5.41) is 2.39. The molecule has 6 heteroatoms. The Morgan fingerprint density at radius 3 is 2.33 bits per heavy atom. The lowest BCUT2D eigenvalue weighted by atomic mass is 10.2. The van der Waals surface area contributed by atoms with E-state index >= 15 is 0 Å². The Morgan fingerprint density at radius 1 is 1.14 bits per heavy atom. The van der Waals surface area contributed by atoms with Gasteiger partial charge in [0.25, 0.3) is 0 Å². The molecule has 2 N–H and O–H groups in total. The van der Waals surface area contributed by atoms with Crippen molar-refractivity contribution in [1.82, 2.24) is 4.72 Å². The molecule has 0 saturated carbocycles. The third-order valence-corrected chi connectivity index (χ3v) is 4.94.